The number of rotatable bonds is 7. The topological polar surface area (TPSA) is 59.6 Å². The molecule has 2 amide bonds. The van der Waals surface area contributed by atoms with Gasteiger partial charge in [0.2, 0.25) is 0 Å². The fourth-order valence-electron chi connectivity index (χ4n) is 2.25. The lowest BCUT2D eigenvalue weighted by Gasteiger charge is -2.13. The quantitative estimate of drug-likeness (QED) is 0.794. The van der Waals surface area contributed by atoms with Crippen LogP contribution in [0.3, 0.4) is 0 Å². The van der Waals surface area contributed by atoms with Crippen molar-refractivity contribution < 1.29 is 23.0 Å². The van der Waals surface area contributed by atoms with Gasteiger partial charge in [0.1, 0.15) is 11.5 Å². The molecule has 0 heterocycles. The van der Waals surface area contributed by atoms with Gasteiger partial charge in [-0.3, -0.25) is 0 Å². The van der Waals surface area contributed by atoms with Crippen LogP contribution in [0.25, 0.3) is 0 Å². The lowest BCUT2D eigenvalue weighted by Crippen LogP contribution is -2.30. The fraction of sp³-hybridized carbons (Fsp3) is 0.278. The first-order valence-electron chi connectivity index (χ1n) is 7.72. The van der Waals surface area contributed by atoms with Crippen molar-refractivity contribution in [2.75, 3.05) is 19.0 Å². The molecule has 5 nitrogen and oxygen atoms in total. The summed E-state index contributed by atoms with van der Waals surface area (Å²) in [6, 6.07) is 11.7. The second-order valence-electron chi connectivity index (χ2n) is 5.29. The number of halogens is 2. The Hall–Kier alpha value is -2.83. The number of amides is 2. The molecule has 0 aliphatic heterocycles. The van der Waals surface area contributed by atoms with Crippen molar-refractivity contribution in [3.63, 3.8) is 0 Å². The van der Waals surface area contributed by atoms with E-state index in [0.29, 0.717) is 24.2 Å². The zero-order valence-corrected chi connectivity index (χ0v) is 14.0. The minimum atomic E-state index is -2.91. The molecule has 7 heteroatoms. The van der Waals surface area contributed by atoms with E-state index in [0.717, 1.165) is 11.3 Å². The van der Waals surface area contributed by atoms with E-state index in [2.05, 4.69) is 15.4 Å². The molecule has 0 fully saturated rings. The lowest BCUT2D eigenvalue weighted by molar-refractivity contribution is -0.0502. The molecule has 0 radical (unpaired) electrons. The maximum Gasteiger partial charge on any atom is 0.387 e. The third kappa shape index (κ3) is 5.63. The van der Waals surface area contributed by atoms with Crippen LogP contribution in [0.1, 0.15) is 11.1 Å². The van der Waals surface area contributed by atoms with Gasteiger partial charge in [0.25, 0.3) is 0 Å². The summed E-state index contributed by atoms with van der Waals surface area (Å²) in [6.07, 6.45) is 0.658. The Labute approximate surface area is 144 Å². The Balaban J connectivity index is 1.85. The highest BCUT2D eigenvalue weighted by Crippen LogP contribution is 2.26. The van der Waals surface area contributed by atoms with Crippen LogP contribution in [0.4, 0.5) is 19.3 Å². The van der Waals surface area contributed by atoms with Crippen LogP contribution in [0.5, 0.6) is 11.5 Å². The molecule has 0 unspecified atom stereocenters. The molecule has 0 aliphatic rings. The summed E-state index contributed by atoms with van der Waals surface area (Å²) in [6.45, 7) is -0.873. The van der Waals surface area contributed by atoms with Crippen molar-refractivity contribution in [2.45, 2.75) is 20.0 Å². The van der Waals surface area contributed by atoms with E-state index in [9.17, 15) is 13.6 Å². The van der Waals surface area contributed by atoms with Gasteiger partial charge in [-0.25, -0.2) is 4.79 Å². The molecule has 134 valence electrons. The Morgan fingerprint density at radius 2 is 1.88 bits per heavy atom. The maximum atomic E-state index is 12.3. The molecule has 25 heavy (non-hydrogen) atoms. The minimum absolute atomic E-state index is 0.0334. The summed E-state index contributed by atoms with van der Waals surface area (Å²) in [5.74, 6) is 0.807. The van der Waals surface area contributed by atoms with E-state index in [1.807, 2.05) is 24.3 Å². The van der Waals surface area contributed by atoms with Gasteiger partial charge >= 0.3 is 12.6 Å². The smallest absolute Gasteiger partial charge is 0.387 e. The zero-order chi connectivity index (χ0) is 18.2. The first-order chi connectivity index (χ1) is 12.0. The van der Waals surface area contributed by atoms with Crippen LogP contribution < -0.4 is 20.1 Å². The summed E-state index contributed by atoms with van der Waals surface area (Å²) in [7, 11) is 1.60. The Bertz CT molecular complexity index is 706. The number of carbonyl (C=O) groups is 1. The minimum Gasteiger partial charge on any atom is -0.497 e. The summed E-state index contributed by atoms with van der Waals surface area (Å²) in [5, 5.41) is 5.36. The van der Waals surface area contributed by atoms with Crippen molar-refractivity contribution in [2.24, 2.45) is 0 Å². The van der Waals surface area contributed by atoms with Crippen molar-refractivity contribution in [1.29, 1.82) is 0 Å². The maximum absolute atomic E-state index is 12.3. The highest BCUT2D eigenvalue weighted by Gasteiger charge is 2.11. The number of alkyl halides is 2. The third-order valence-corrected chi connectivity index (χ3v) is 3.61. The van der Waals surface area contributed by atoms with E-state index < -0.39 is 12.6 Å². The van der Waals surface area contributed by atoms with Gasteiger partial charge in [-0.15, -0.1) is 0 Å². The van der Waals surface area contributed by atoms with Crippen LogP contribution >= 0.6 is 0 Å². The number of methoxy groups -OCH3 is 1. The fourth-order valence-corrected chi connectivity index (χ4v) is 2.25. The van der Waals surface area contributed by atoms with Gasteiger partial charge in [0.05, 0.1) is 7.11 Å². The standard InChI is InChI=1S/C18H20F2N2O3/c1-12-15(4-3-5-16(12)25-17(19)20)22-18(23)21-11-10-13-6-8-14(24-2)9-7-13/h3-9,17H,10-11H2,1-2H3,(H2,21,22,23). The number of nitrogens with one attached hydrogen (secondary N) is 2. The van der Waals surface area contributed by atoms with Crippen LogP contribution in [0.15, 0.2) is 42.5 Å². The molecular weight excluding hydrogens is 330 g/mol. The number of urea groups is 1. The van der Waals surface area contributed by atoms with Crippen LogP contribution in [0, 0.1) is 6.92 Å². The summed E-state index contributed by atoms with van der Waals surface area (Å²) in [4.78, 5) is 12.0. The molecule has 0 atom stereocenters. The van der Waals surface area contributed by atoms with Gasteiger partial charge in [-0.1, -0.05) is 18.2 Å². The van der Waals surface area contributed by atoms with E-state index in [4.69, 9.17) is 4.74 Å². The van der Waals surface area contributed by atoms with Crippen LogP contribution in [-0.2, 0) is 6.42 Å². The first-order valence-corrected chi connectivity index (χ1v) is 7.72. The molecule has 2 aromatic rings. The Kier molecular flexibility index (Phi) is 6.56. The molecule has 0 bridgehead atoms. The monoisotopic (exact) mass is 350 g/mol. The third-order valence-electron chi connectivity index (χ3n) is 3.61. The SMILES string of the molecule is COc1ccc(CCNC(=O)Nc2cccc(OC(F)F)c2C)cc1. The largest absolute Gasteiger partial charge is 0.497 e. The molecule has 0 aromatic heterocycles. The number of carbonyl (C=O) groups excluding carboxylic acids is 1. The average Bonchev–Trinajstić information content (AvgIpc) is 2.59. The highest BCUT2D eigenvalue weighted by atomic mass is 19.3. The Morgan fingerprint density at radius 3 is 2.52 bits per heavy atom. The second kappa shape index (κ2) is 8.86. The van der Waals surface area contributed by atoms with Crippen molar-refractivity contribution in [3.05, 3.63) is 53.6 Å². The number of hydrogen-bond acceptors (Lipinski definition) is 3. The Morgan fingerprint density at radius 1 is 1.16 bits per heavy atom. The number of ether oxygens (including phenoxy) is 2. The molecule has 2 N–H and O–H groups in total. The van der Waals surface area contributed by atoms with Crippen molar-refractivity contribution >= 4 is 11.7 Å². The first kappa shape index (κ1) is 18.5. The van der Waals surface area contributed by atoms with Gasteiger partial charge in [0, 0.05) is 17.8 Å². The molecule has 2 aromatic carbocycles. The molecule has 0 aliphatic carbocycles. The molecule has 0 saturated heterocycles. The predicted octanol–water partition coefficient (Wildman–Crippen LogP) is 3.97. The summed E-state index contributed by atoms with van der Waals surface area (Å²) < 4.78 is 34.2. The van der Waals surface area contributed by atoms with E-state index >= 15 is 0 Å². The van der Waals surface area contributed by atoms with Gasteiger partial charge in [0.15, 0.2) is 0 Å². The second-order valence-corrected chi connectivity index (χ2v) is 5.29. The molecule has 0 saturated carbocycles. The normalized spacial score (nSPS) is 10.4. The highest BCUT2D eigenvalue weighted by molar-refractivity contribution is 5.90. The molecule has 2 rings (SSSR count). The number of anilines is 1. The van der Waals surface area contributed by atoms with E-state index in [-0.39, 0.29) is 5.75 Å². The van der Waals surface area contributed by atoms with Gasteiger partial charge in [-0.05, 0) is 43.2 Å². The number of hydrogen-bond donors (Lipinski definition) is 2. The summed E-state index contributed by atoms with van der Waals surface area (Å²) >= 11 is 0. The zero-order valence-electron chi connectivity index (χ0n) is 14.0. The average molecular weight is 350 g/mol. The van der Waals surface area contributed by atoms with Crippen molar-refractivity contribution in [3.8, 4) is 11.5 Å². The van der Waals surface area contributed by atoms with E-state index in [1.54, 1.807) is 20.1 Å². The van der Waals surface area contributed by atoms with Crippen LogP contribution in [-0.4, -0.2) is 26.3 Å². The molecular formula is C18H20F2N2O3. The van der Waals surface area contributed by atoms with E-state index in [1.165, 1.54) is 12.1 Å². The number of benzene rings is 2. The summed E-state index contributed by atoms with van der Waals surface area (Å²) in [5.41, 5.74) is 1.91. The van der Waals surface area contributed by atoms with Gasteiger partial charge in [-0.2, -0.15) is 8.78 Å². The molecule has 0 spiro atoms. The lowest BCUT2D eigenvalue weighted by atomic mass is 10.1. The predicted molar refractivity (Wildman–Crippen MR) is 91.5 cm³/mol. The van der Waals surface area contributed by atoms with Crippen molar-refractivity contribution in [1.82, 2.24) is 5.32 Å². The van der Waals surface area contributed by atoms with Gasteiger partial charge < -0.3 is 20.1 Å². The van der Waals surface area contributed by atoms with Crippen LogP contribution in [0.2, 0.25) is 0 Å².